The molecule has 0 aliphatic heterocycles. The molecule has 0 saturated heterocycles. The molecule has 0 rings (SSSR count). The van der Waals surface area contributed by atoms with Crippen molar-refractivity contribution >= 4 is 11.9 Å². The summed E-state index contributed by atoms with van der Waals surface area (Å²) in [5, 5.41) is 23.2. The molecule has 0 bridgehead atoms. The van der Waals surface area contributed by atoms with Crippen molar-refractivity contribution in [3.63, 3.8) is 0 Å². The van der Waals surface area contributed by atoms with Crippen LogP contribution in [-0.2, 0) is 14.3 Å². The average Bonchev–Trinajstić information content (AvgIpc) is 3.42. The molecule has 448 valence electrons. The molecule has 0 aromatic carbocycles. The van der Waals surface area contributed by atoms with Crippen molar-refractivity contribution in [2.24, 2.45) is 0 Å². The second-order valence-electron chi connectivity index (χ2n) is 23.5. The molecule has 2 unspecified atom stereocenters. The molecule has 76 heavy (non-hydrogen) atoms. The SMILES string of the molecule is CCCCCCCCC/C=C\CCCCCCCC(=O)OCCCCCCCCCCCC/C=C\CCCCCCCCCC(=O)NC(CO)C(O)/C=C/CCCCCCCCCCCCCCCCCCCCCC. The third-order valence-electron chi connectivity index (χ3n) is 15.9. The van der Waals surface area contributed by atoms with Gasteiger partial charge < -0.3 is 20.3 Å². The van der Waals surface area contributed by atoms with Crippen LogP contribution in [0.2, 0.25) is 0 Å². The van der Waals surface area contributed by atoms with E-state index in [4.69, 9.17) is 4.74 Å². The Morgan fingerprint density at radius 1 is 0.355 bits per heavy atom. The van der Waals surface area contributed by atoms with Gasteiger partial charge in [-0.3, -0.25) is 9.59 Å². The topological polar surface area (TPSA) is 95.9 Å². The third-order valence-corrected chi connectivity index (χ3v) is 15.9. The third kappa shape index (κ3) is 61.3. The van der Waals surface area contributed by atoms with Crippen molar-refractivity contribution < 1.29 is 24.5 Å². The van der Waals surface area contributed by atoms with Crippen LogP contribution in [-0.4, -0.2) is 47.4 Å². The second-order valence-corrected chi connectivity index (χ2v) is 23.5. The minimum absolute atomic E-state index is 0.000709. The van der Waals surface area contributed by atoms with Gasteiger partial charge in [0.1, 0.15) is 0 Å². The van der Waals surface area contributed by atoms with Gasteiger partial charge in [0.2, 0.25) is 5.91 Å². The van der Waals surface area contributed by atoms with Crippen molar-refractivity contribution in [2.75, 3.05) is 13.2 Å². The number of esters is 1. The van der Waals surface area contributed by atoms with Crippen LogP contribution in [0.3, 0.4) is 0 Å². The number of hydrogen-bond donors (Lipinski definition) is 3. The first kappa shape index (κ1) is 74.1. The lowest BCUT2D eigenvalue weighted by atomic mass is 10.0. The second kappa shape index (κ2) is 65.6. The molecule has 0 heterocycles. The molecule has 0 saturated carbocycles. The number of carbonyl (C=O) groups is 2. The predicted molar refractivity (Wildman–Crippen MR) is 333 cm³/mol. The van der Waals surface area contributed by atoms with Crippen LogP contribution in [0.15, 0.2) is 36.5 Å². The maximum absolute atomic E-state index is 12.5. The molecule has 6 heteroatoms. The number of nitrogens with one attached hydrogen (secondary N) is 1. The van der Waals surface area contributed by atoms with Gasteiger partial charge in [0.15, 0.2) is 0 Å². The van der Waals surface area contributed by atoms with Gasteiger partial charge >= 0.3 is 5.97 Å². The molecule has 3 N–H and O–H groups in total. The van der Waals surface area contributed by atoms with Crippen LogP contribution in [0, 0.1) is 0 Å². The fraction of sp³-hybridized carbons (Fsp3) is 0.886. The quantitative estimate of drug-likeness (QED) is 0.0320. The maximum atomic E-state index is 12.5. The van der Waals surface area contributed by atoms with Gasteiger partial charge in [-0.2, -0.15) is 0 Å². The normalized spacial score (nSPS) is 12.7. The number of rotatable bonds is 64. The number of unbranched alkanes of at least 4 members (excludes halogenated alkanes) is 49. The van der Waals surface area contributed by atoms with E-state index in [-0.39, 0.29) is 18.5 Å². The van der Waals surface area contributed by atoms with E-state index in [2.05, 4.69) is 43.5 Å². The van der Waals surface area contributed by atoms with Crippen LogP contribution in [0.5, 0.6) is 0 Å². The van der Waals surface area contributed by atoms with E-state index < -0.39 is 12.1 Å². The Morgan fingerprint density at radius 2 is 0.618 bits per heavy atom. The fourth-order valence-electron chi connectivity index (χ4n) is 10.6. The van der Waals surface area contributed by atoms with Crippen LogP contribution >= 0.6 is 0 Å². The summed E-state index contributed by atoms with van der Waals surface area (Å²) in [5.74, 6) is -0.0719. The Balaban J connectivity index is 3.45. The molecule has 2 atom stereocenters. The smallest absolute Gasteiger partial charge is 0.305 e. The van der Waals surface area contributed by atoms with Gasteiger partial charge in [-0.1, -0.05) is 314 Å². The average molecular weight is 1070 g/mol. The molecular weight excluding hydrogens is 935 g/mol. The molecule has 0 spiro atoms. The molecule has 0 aromatic heterocycles. The highest BCUT2D eigenvalue weighted by atomic mass is 16.5. The molecule has 0 radical (unpaired) electrons. The van der Waals surface area contributed by atoms with E-state index >= 15 is 0 Å². The van der Waals surface area contributed by atoms with Crippen molar-refractivity contribution in [3.8, 4) is 0 Å². The lowest BCUT2D eigenvalue weighted by Crippen LogP contribution is -2.45. The first-order chi connectivity index (χ1) is 37.5. The van der Waals surface area contributed by atoms with E-state index in [1.54, 1.807) is 6.08 Å². The van der Waals surface area contributed by atoms with E-state index in [1.807, 2.05) is 6.08 Å². The van der Waals surface area contributed by atoms with Crippen LogP contribution < -0.4 is 5.32 Å². The van der Waals surface area contributed by atoms with E-state index in [0.29, 0.717) is 19.4 Å². The van der Waals surface area contributed by atoms with Gasteiger partial charge in [0, 0.05) is 12.8 Å². The molecule has 0 aliphatic carbocycles. The number of aliphatic hydroxyl groups excluding tert-OH is 2. The largest absolute Gasteiger partial charge is 0.466 e. The Morgan fingerprint density at radius 3 is 0.934 bits per heavy atom. The standard InChI is InChI=1S/C70H133NO5/c1-3-5-7-9-11-13-15-17-19-21-22-23-25-28-31-34-38-42-46-50-54-58-62-68(73)67(66-72)71-69(74)63-59-55-51-47-43-39-35-32-29-26-24-27-30-33-37-41-45-49-53-57-61-65-76-70(75)64-60-56-52-48-44-40-36-20-18-16-14-12-10-8-6-4-2/h20,26,29,36,58,62,67-68,72-73H,3-19,21-25,27-28,30-35,37-57,59-61,63-66H2,1-2H3,(H,71,74)/b29-26-,36-20-,62-58+. The summed E-state index contributed by atoms with van der Waals surface area (Å²) in [4.78, 5) is 24.6. The number of amides is 1. The molecule has 0 aromatic rings. The Kier molecular flexibility index (Phi) is 63.9. The number of carbonyl (C=O) groups excluding carboxylic acids is 2. The van der Waals surface area contributed by atoms with Gasteiger partial charge in [-0.15, -0.1) is 0 Å². The molecule has 0 fully saturated rings. The minimum Gasteiger partial charge on any atom is -0.466 e. The lowest BCUT2D eigenvalue weighted by Gasteiger charge is -2.20. The molecule has 0 aliphatic rings. The zero-order valence-corrected chi connectivity index (χ0v) is 51.3. The van der Waals surface area contributed by atoms with E-state index in [9.17, 15) is 19.8 Å². The number of hydrogen-bond acceptors (Lipinski definition) is 5. The molecule has 1 amide bonds. The highest BCUT2D eigenvalue weighted by molar-refractivity contribution is 5.76. The Hall–Kier alpha value is -1.92. The van der Waals surface area contributed by atoms with E-state index in [1.165, 1.54) is 295 Å². The summed E-state index contributed by atoms with van der Waals surface area (Å²) in [6.07, 6.45) is 83.5. The minimum atomic E-state index is -0.851. The Bertz CT molecular complexity index is 1230. The summed E-state index contributed by atoms with van der Waals surface area (Å²) in [5.41, 5.74) is 0. The van der Waals surface area contributed by atoms with Crippen LogP contribution in [0.25, 0.3) is 0 Å². The number of allylic oxidation sites excluding steroid dienone is 5. The zero-order chi connectivity index (χ0) is 55.0. The lowest BCUT2D eigenvalue weighted by molar-refractivity contribution is -0.143. The Labute approximate surface area is 474 Å². The predicted octanol–water partition coefficient (Wildman–Crippen LogP) is 21.9. The summed E-state index contributed by atoms with van der Waals surface area (Å²) >= 11 is 0. The first-order valence-electron chi connectivity index (χ1n) is 34.3. The van der Waals surface area contributed by atoms with Gasteiger partial charge in [-0.05, 0) is 83.5 Å². The van der Waals surface area contributed by atoms with Gasteiger partial charge in [0.25, 0.3) is 0 Å². The van der Waals surface area contributed by atoms with Crippen molar-refractivity contribution in [2.45, 2.75) is 386 Å². The van der Waals surface area contributed by atoms with Gasteiger partial charge in [-0.25, -0.2) is 0 Å². The highest BCUT2D eigenvalue weighted by Gasteiger charge is 2.18. The van der Waals surface area contributed by atoms with Gasteiger partial charge in [0.05, 0.1) is 25.4 Å². The van der Waals surface area contributed by atoms with Crippen molar-refractivity contribution in [3.05, 3.63) is 36.5 Å². The zero-order valence-electron chi connectivity index (χ0n) is 51.3. The maximum Gasteiger partial charge on any atom is 0.305 e. The first-order valence-corrected chi connectivity index (χ1v) is 34.3. The fourth-order valence-corrected chi connectivity index (χ4v) is 10.6. The van der Waals surface area contributed by atoms with Crippen LogP contribution in [0.4, 0.5) is 0 Å². The van der Waals surface area contributed by atoms with E-state index in [0.717, 1.165) is 51.4 Å². The monoisotopic (exact) mass is 1070 g/mol. The number of aliphatic hydroxyl groups is 2. The van der Waals surface area contributed by atoms with Crippen molar-refractivity contribution in [1.29, 1.82) is 0 Å². The molecule has 6 nitrogen and oxygen atoms in total. The summed E-state index contributed by atoms with van der Waals surface area (Å²) < 4.78 is 5.49. The summed E-state index contributed by atoms with van der Waals surface area (Å²) in [6, 6.07) is -0.635. The van der Waals surface area contributed by atoms with Crippen molar-refractivity contribution in [1.82, 2.24) is 5.32 Å². The molecular formula is C70H133NO5. The van der Waals surface area contributed by atoms with Crippen LogP contribution in [0.1, 0.15) is 373 Å². The summed E-state index contributed by atoms with van der Waals surface area (Å²) in [7, 11) is 0. The highest BCUT2D eigenvalue weighted by Crippen LogP contribution is 2.18. The summed E-state index contributed by atoms with van der Waals surface area (Å²) in [6.45, 7) is 4.92. The number of ether oxygens (including phenoxy) is 1.